The number of aliphatic hydroxyl groups is 6. The number of rotatable bonds is 16. The van der Waals surface area contributed by atoms with Crippen LogP contribution in [0.15, 0.2) is 24.3 Å². The third-order valence-corrected chi connectivity index (χ3v) is 7.11. The molecule has 7 N–H and O–H groups in total. The van der Waals surface area contributed by atoms with Gasteiger partial charge in [-0.05, 0) is 37.1 Å². The van der Waals surface area contributed by atoms with Crippen LogP contribution in [0.25, 0.3) is 0 Å². The highest BCUT2D eigenvalue weighted by Gasteiger charge is 2.50. The van der Waals surface area contributed by atoms with Gasteiger partial charge in [-0.1, -0.05) is 25.7 Å². The van der Waals surface area contributed by atoms with Gasteiger partial charge in [0.2, 0.25) is 0 Å². The lowest BCUT2D eigenvalue weighted by atomic mass is 9.99. The van der Waals surface area contributed by atoms with Gasteiger partial charge in [0.15, 0.2) is 12.6 Å². The van der Waals surface area contributed by atoms with Crippen molar-refractivity contribution < 1.29 is 59.1 Å². The molecule has 228 valence electrons. The van der Waals surface area contributed by atoms with Crippen molar-refractivity contribution in [3.8, 4) is 5.75 Å². The molecule has 1 amide bonds. The number of benzene rings is 1. The van der Waals surface area contributed by atoms with Crippen LogP contribution in [0.3, 0.4) is 0 Å². The summed E-state index contributed by atoms with van der Waals surface area (Å²) in [5.74, 6) is 0.585. The van der Waals surface area contributed by atoms with Crippen LogP contribution in [0.5, 0.6) is 5.75 Å². The van der Waals surface area contributed by atoms with Crippen LogP contribution in [0.1, 0.15) is 48.9 Å². The van der Waals surface area contributed by atoms with Crippen molar-refractivity contribution in [3.63, 3.8) is 0 Å². The fourth-order valence-corrected chi connectivity index (χ4v) is 4.65. The van der Waals surface area contributed by atoms with E-state index in [1.165, 1.54) is 0 Å². The monoisotopic (exact) mass is 573 g/mol. The first-order valence-electron chi connectivity index (χ1n) is 13.7. The summed E-state index contributed by atoms with van der Waals surface area (Å²) in [6.45, 7) is -0.221. The molecule has 2 aliphatic rings. The zero-order valence-corrected chi connectivity index (χ0v) is 22.7. The lowest BCUT2D eigenvalue weighted by Gasteiger charge is -2.41. The first-order chi connectivity index (χ1) is 19.3. The zero-order chi connectivity index (χ0) is 29.1. The van der Waals surface area contributed by atoms with Crippen LogP contribution in [-0.4, -0.2) is 125 Å². The minimum absolute atomic E-state index is 0.115. The van der Waals surface area contributed by atoms with Crippen LogP contribution >= 0.6 is 0 Å². The molecule has 40 heavy (non-hydrogen) atoms. The molecule has 13 heteroatoms. The van der Waals surface area contributed by atoms with E-state index in [2.05, 4.69) is 5.32 Å². The molecule has 0 spiro atoms. The Balaban J connectivity index is 1.31. The molecule has 1 aromatic carbocycles. The number of unbranched alkanes of at least 4 members (excludes halogenated alkanes) is 5. The maximum Gasteiger partial charge on any atom is 0.251 e. The Kier molecular flexibility index (Phi) is 13.5. The number of methoxy groups -OCH3 is 1. The van der Waals surface area contributed by atoms with Gasteiger partial charge in [0.1, 0.15) is 48.5 Å². The van der Waals surface area contributed by atoms with Crippen LogP contribution in [0, 0.1) is 0 Å². The standard InChI is InChI=1S/C27H43NO12/c1-36-17-10-8-16(9-11-17)25(35)28-12-6-4-2-3-5-7-13-37-27-24(21(32)19(15-30)39-27)40-26-23(34)22(33)20(31)18(14-29)38-26/h8-11,18-24,26-27,29-34H,2-7,12-15H2,1H3,(H,28,35)/t18-,19-,20+,21-,22+,23-,24-,26-,27-/m1/s1. The van der Waals surface area contributed by atoms with Crippen molar-refractivity contribution in [2.24, 2.45) is 0 Å². The van der Waals surface area contributed by atoms with Crippen molar-refractivity contribution in [2.75, 3.05) is 33.5 Å². The summed E-state index contributed by atoms with van der Waals surface area (Å²) >= 11 is 0. The summed E-state index contributed by atoms with van der Waals surface area (Å²) in [7, 11) is 1.58. The van der Waals surface area contributed by atoms with E-state index >= 15 is 0 Å². The Morgan fingerprint density at radius 1 is 0.800 bits per heavy atom. The van der Waals surface area contributed by atoms with Crippen molar-refractivity contribution in [1.82, 2.24) is 5.32 Å². The van der Waals surface area contributed by atoms with Crippen LogP contribution in [0.2, 0.25) is 0 Å². The molecule has 0 bridgehead atoms. The van der Waals surface area contributed by atoms with E-state index in [0.717, 1.165) is 32.1 Å². The van der Waals surface area contributed by atoms with Gasteiger partial charge in [0.05, 0.1) is 20.3 Å². The van der Waals surface area contributed by atoms with Crippen molar-refractivity contribution >= 4 is 5.91 Å². The molecule has 3 rings (SSSR count). The molecule has 13 nitrogen and oxygen atoms in total. The largest absolute Gasteiger partial charge is 0.497 e. The molecule has 2 heterocycles. The van der Waals surface area contributed by atoms with Crippen LogP contribution < -0.4 is 10.1 Å². The molecule has 9 atom stereocenters. The normalized spacial score (nSPS) is 32.2. The average Bonchev–Trinajstić information content (AvgIpc) is 3.27. The maximum absolute atomic E-state index is 12.2. The van der Waals surface area contributed by atoms with Gasteiger partial charge in [0.25, 0.3) is 5.91 Å². The van der Waals surface area contributed by atoms with Crippen molar-refractivity contribution in [3.05, 3.63) is 29.8 Å². The SMILES string of the molecule is COc1ccc(C(=O)NCCCCCCCCO[C@@H]2O[C@H](CO)[C@@H](O)[C@H]2O[C@H]2O[C@H](CO)[C@H](O)[C@H](O)[C@H]2O)cc1. The van der Waals surface area contributed by atoms with Gasteiger partial charge >= 0.3 is 0 Å². The molecule has 2 saturated heterocycles. The number of hydrogen-bond acceptors (Lipinski definition) is 12. The van der Waals surface area contributed by atoms with E-state index < -0.39 is 68.5 Å². The minimum atomic E-state index is -1.64. The molecule has 0 aliphatic carbocycles. The number of carbonyl (C=O) groups is 1. The summed E-state index contributed by atoms with van der Waals surface area (Å²) in [4.78, 5) is 12.2. The number of ether oxygens (including phenoxy) is 5. The molecular formula is C27H43NO12. The quantitative estimate of drug-likeness (QED) is 0.120. The van der Waals surface area contributed by atoms with Gasteiger partial charge in [-0.3, -0.25) is 4.79 Å². The van der Waals surface area contributed by atoms with Crippen molar-refractivity contribution in [2.45, 2.75) is 93.8 Å². The van der Waals surface area contributed by atoms with E-state index in [0.29, 0.717) is 30.9 Å². The van der Waals surface area contributed by atoms with Gasteiger partial charge < -0.3 is 59.6 Å². The first kappa shape index (κ1) is 32.6. The zero-order valence-electron chi connectivity index (χ0n) is 22.7. The minimum Gasteiger partial charge on any atom is -0.497 e. The molecular weight excluding hydrogens is 530 g/mol. The summed E-state index contributed by atoms with van der Waals surface area (Å²) in [5.41, 5.74) is 0.589. The lowest BCUT2D eigenvalue weighted by Crippen LogP contribution is -2.60. The number of hydrogen-bond donors (Lipinski definition) is 7. The first-order valence-corrected chi connectivity index (χ1v) is 13.7. The average molecular weight is 574 g/mol. The maximum atomic E-state index is 12.2. The number of nitrogens with one attached hydrogen (secondary N) is 1. The fourth-order valence-electron chi connectivity index (χ4n) is 4.65. The second-order valence-corrected chi connectivity index (χ2v) is 9.99. The van der Waals surface area contributed by atoms with Crippen LogP contribution in [-0.2, 0) is 18.9 Å². The highest BCUT2D eigenvalue weighted by Crippen LogP contribution is 2.30. The molecule has 0 saturated carbocycles. The van der Waals surface area contributed by atoms with E-state index in [1.54, 1.807) is 31.4 Å². The Morgan fingerprint density at radius 3 is 2.05 bits per heavy atom. The highest BCUT2D eigenvalue weighted by molar-refractivity contribution is 5.94. The van der Waals surface area contributed by atoms with Gasteiger partial charge in [0, 0.05) is 18.7 Å². The predicted octanol–water partition coefficient (Wildman–Crippen LogP) is -0.955. The topological polar surface area (TPSA) is 197 Å². The summed E-state index contributed by atoms with van der Waals surface area (Å²) in [6, 6.07) is 6.94. The highest BCUT2D eigenvalue weighted by atomic mass is 16.8. The third-order valence-electron chi connectivity index (χ3n) is 7.11. The van der Waals surface area contributed by atoms with E-state index in [-0.39, 0.29) is 5.91 Å². The Morgan fingerprint density at radius 2 is 1.40 bits per heavy atom. The second-order valence-electron chi connectivity index (χ2n) is 9.99. The van der Waals surface area contributed by atoms with Crippen molar-refractivity contribution in [1.29, 1.82) is 0 Å². The summed E-state index contributed by atoms with van der Waals surface area (Å²) < 4.78 is 27.4. The predicted molar refractivity (Wildman–Crippen MR) is 139 cm³/mol. The smallest absolute Gasteiger partial charge is 0.251 e. The lowest BCUT2D eigenvalue weighted by molar-refractivity contribution is -0.326. The number of amides is 1. The summed E-state index contributed by atoms with van der Waals surface area (Å²) in [6.07, 6.45) is -6.55. The Labute approximate surface area is 233 Å². The van der Waals surface area contributed by atoms with E-state index in [1.807, 2.05) is 0 Å². The van der Waals surface area contributed by atoms with Crippen LogP contribution in [0.4, 0.5) is 0 Å². The number of carbonyl (C=O) groups excluding carboxylic acids is 1. The molecule has 1 aromatic rings. The van der Waals surface area contributed by atoms with Gasteiger partial charge in [-0.2, -0.15) is 0 Å². The second kappa shape index (κ2) is 16.5. The fraction of sp³-hybridized carbons (Fsp3) is 0.741. The van der Waals surface area contributed by atoms with Gasteiger partial charge in [-0.25, -0.2) is 0 Å². The van der Waals surface area contributed by atoms with Gasteiger partial charge in [-0.15, -0.1) is 0 Å². The molecule has 0 unspecified atom stereocenters. The molecule has 2 fully saturated rings. The Hall–Kier alpha value is -1.91. The molecule has 2 aliphatic heterocycles. The molecule has 0 aromatic heterocycles. The number of aliphatic hydroxyl groups excluding tert-OH is 6. The Bertz CT molecular complexity index is 872. The summed E-state index contributed by atoms with van der Waals surface area (Å²) in [5, 5.41) is 62.5. The van der Waals surface area contributed by atoms with E-state index in [4.69, 9.17) is 23.7 Å². The molecule has 0 radical (unpaired) electrons. The third kappa shape index (κ3) is 8.79. The van der Waals surface area contributed by atoms with E-state index in [9.17, 15) is 35.4 Å².